The third-order valence-corrected chi connectivity index (χ3v) is 9.41. The number of amides is 1. The fraction of sp³-hybridized carbons (Fsp3) is 0.909. The van der Waals surface area contributed by atoms with Crippen molar-refractivity contribution in [3.63, 3.8) is 0 Å². The molecule has 0 spiro atoms. The first kappa shape index (κ1) is 16.6. The highest BCUT2D eigenvalue weighted by Crippen LogP contribution is 2.36. The molecule has 1 unspecified atom stereocenters. The van der Waals surface area contributed by atoms with E-state index in [0.717, 1.165) is 4.31 Å². The summed E-state index contributed by atoms with van der Waals surface area (Å²) in [6.07, 6.45) is -0.710. The Morgan fingerprint density at radius 3 is 2.58 bits per heavy atom. The number of rotatable bonds is 4. The van der Waals surface area contributed by atoms with Gasteiger partial charge >= 0.3 is 6.09 Å². The lowest BCUT2D eigenvalue weighted by molar-refractivity contribution is 0.157. The Hall–Kier alpha value is -0.443. The van der Waals surface area contributed by atoms with E-state index < -0.39 is 25.7 Å². The quantitative estimate of drug-likeness (QED) is 0.807. The Morgan fingerprint density at radius 1 is 1.53 bits per heavy atom. The maximum absolute atomic E-state index is 11.3. The monoisotopic (exact) mass is 309 g/mol. The second-order valence-corrected chi connectivity index (χ2v) is 12.0. The highest BCUT2D eigenvalue weighted by molar-refractivity contribution is 7.78. The minimum atomic E-state index is -1.87. The summed E-state index contributed by atoms with van der Waals surface area (Å²) in [5.41, 5.74) is 0. The highest BCUT2D eigenvalue weighted by Gasteiger charge is 2.39. The SMILES string of the molecule is CC(C)(C)[Si](C)(C)OCC[C@H]1COS(=O)N1C(=O)O. The third-order valence-electron chi connectivity index (χ3n) is 3.76. The van der Waals surface area contributed by atoms with E-state index in [1.54, 1.807) is 0 Å². The number of nitrogens with zero attached hydrogens (tertiary/aromatic N) is 1. The van der Waals surface area contributed by atoms with Gasteiger partial charge in [-0.05, 0) is 24.6 Å². The van der Waals surface area contributed by atoms with Crippen LogP contribution in [0.3, 0.4) is 0 Å². The number of carboxylic acid groups (broad SMARTS) is 1. The second-order valence-electron chi connectivity index (χ2n) is 6.16. The number of carbonyl (C=O) groups is 1. The van der Waals surface area contributed by atoms with Crippen LogP contribution in [-0.4, -0.2) is 47.3 Å². The molecule has 112 valence electrons. The molecule has 6 nitrogen and oxygen atoms in total. The van der Waals surface area contributed by atoms with Crippen molar-refractivity contribution in [2.24, 2.45) is 0 Å². The smallest absolute Gasteiger partial charge is 0.421 e. The van der Waals surface area contributed by atoms with Gasteiger partial charge in [0.25, 0.3) is 11.3 Å². The van der Waals surface area contributed by atoms with Crippen molar-refractivity contribution in [1.82, 2.24) is 4.31 Å². The molecule has 1 aliphatic heterocycles. The van der Waals surface area contributed by atoms with Gasteiger partial charge in [-0.2, -0.15) is 4.31 Å². The topological polar surface area (TPSA) is 76.1 Å². The lowest BCUT2D eigenvalue weighted by atomic mass is 10.2. The zero-order chi connectivity index (χ0) is 14.8. The minimum absolute atomic E-state index is 0.120. The van der Waals surface area contributed by atoms with Gasteiger partial charge in [-0.25, -0.2) is 9.00 Å². The van der Waals surface area contributed by atoms with E-state index in [4.69, 9.17) is 13.7 Å². The van der Waals surface area contributed by atoms with Crippen molar-refractivity contribution in [1.29, 1.82) is 0 Å². The van der Waals surface area contributed by atoms with Gasteiger partial charge in [0.05, 0.1) is 12.6 Å². The summed E-state index contributed by atoms with van der Waals surface area (Å²) in [7, 11) is -1.83. The molecule has 8 heteroatoms. The normalized spacial score (nSPS) is 24.8. The molecule has 0 aromatic rings. The van der Waals surface area contributed by atoms with Crippen LogP contribution in [0.4, 0.5) is 4.79 Å². The summed E-state index contributed by atoms with van der Waals surface area (Å²) in [4.78, 5) is 11.0. The molecule has 0 saturated carbocycles. The molecule has 0 radical (unpaired) electrons. The van der Waals surface area contributed by atoms with E-state index in [-0.39, 0.29) is 17.7 Å². The maximum Gasteiger partial charge on any atom is 0.421 e. The van der Waals surface area contributed by atoms with Crippen LogP contribution >= 0.6 is 0 Å². The lowest BCUT2D eigenvalue weighted by Crippen LogP contribution is -2.42. The second kappa shape index (κ2) is 5.90. The van der Waals surface area contributed by atoms with Crippen LogP contribution in [0.1, 0.15) is 27.2 Å². The Kier molecular flexibility index (Phi) is 5.16. The van der Waals surface area contributed by atoms with Crippen molar-refractivity contribution in [3.05, 3.63) is 0 Å². The van der Waals surface area contributed by atoms with Crippen molar-refractivity contribution in [2.75, 3.05) is 13.2 Å². The largest absolute Gasteiger partial charge is 0.464 e. The van der Waals surface area contributed by atoms with Gasteiger partial charge in [-0.1, -0.05) is 20.8 Å². The summed E-state index contributed by atoms with van der Waals surface area (Å²) in [5, 5.41) is 9.08. The summed E-state index contributed by atoms with van der Waals surface area (Å²) >= 11 is -1.87. The van der Waals surface area contributed by atoms with Crippen LogP contribution < -0.4 is 0 Å². The summed E-state index contributed by atoms with van der Waals surface area (Å²) in [6, 6.07) is -0.386. The fourth-order valence-corrected chi connectivity index (χ4v) is 3.46. The van der Waals surface area contributed by atoms with Gasteiger partial charge in [0, 0.05) is 6.61 Å². The molecule has 2 atom stereocenters. The van der Waals surface area contributed by atoms with Gasteiger partial charge < -0.3 is 9.53 Å². The van der Waals surface area contributed by atoms with Gasteiger partial charge in [0.1, 0.15) is 0 Å². The van der Waals surface area contributed by atoms with Crippen LogP contribution in [-0.2, 0) is 19.9 Å². The molecule has 1 fully saturated rings. The standard InChI is InChI=1S/C11H23NO5SSi/c1-11(2,3)19(4,5)17-7-6-9-8-16-18(15)12(9)10(13)14/h9H,6-8H2,1-5H3,(H,13,14)/t9-,18?/m0/s1. The van der Waals surface area contributed by atoms with Gasteiger partial charge in [0.15, 0.2) is 8.32 Å². The van der Waals surface area contributed by atoms with Crippen LogP contribution in [0.5, 0.6) is 0 Å². The molecule has 19 heavy (non-hydrogen) atoms. The molecular weight excluding hydrogens is 286 g/mol. The van der Waals surface area contributed by atoms with Crippen LogP contribution in [0, 0.1) is 0 Å². The van der Waals surface area contributed by atoms with Crippen LogP contribution in [0.25, 0.3) is 0 Å². The third kappa shape index (κ3) is 4.01. The molecule has 1 saturated heterocycles. The molecular formula is C11H23NO5SSi. The zero-order valence-electron chi connectivity index (χ0n) is 12.1. The Morgan fingerprint density at radius 2 is 2.11 bits per heavy atom. The first-order chi connectivity index (χ1) is 8.56. The fourth-order valence-electron chi connectivity index (χ4n) is 1.47. The van der Waals surface area contributed by atoms with Crippen molar-refractivity contribution in [2.45, 2.75) is 51.4 Å². The van der Waals surface area contributed by atoms with E-state index in [1.807, 2.05) is 0 Å². The molecule has 0 bridgehead atoms. The molecule has 0 aliphatic carbocycles. The zero-order valence-corrected chi connectivity index (χ0v) is 14.0. The first-order valence-electron chi connectivity index (χ1n) is 6.27. The Labute approximate surface area is 118 Å². The summed E-state index contributed by atoms with van der Waals surface area (Å²) < 4.78 is 23.0. The average Bonchev–Trinajstić information content (AvgIpc) is 2.57. The van der Waals surface area contributed by atoms with Crippen LogP contribution in [0.2, 0.25) is 18.1 Å². The molecule has 1 N–H and O–H groups in total. The van der Waals surface area contributed by atoms with Crippen LogP contribution in [0.15, 0.2) is 0 Å². The number of hydrogen-bond donors (Lipinski definition) is 1. The molecule has 1 rings (SSSR count). The summed E-state index contributed by atoms with van der Waals surface area (Å²) in [5.74, 6) is 0. The predicted octanol–water partition coefficient (Wildman–Crippen LogP) is 2.36. The average molecular weight is 309 g/mol. The van der Waals surface area contributed by atoms with E-state index in [1.165, 1.54) is 0 Å². The van der Waals surface area contributed by atoms with Crippen molar-refractivity contribution < 1.29 is 22.7 Å². The van der Waals surface area contributed by atoms with Crippen molar-refractivity contribution >= 4 is 25.7 Å². The molecule has 0 aromatic carbocycles. The van der Waals surface area contributed by atoms with E-state index in [0.29, 0.717) is 13.0 Å². The molecule has 1 amide bonds. The van der Waals surface area contributed by atoms with Gasteiger partial charge in [-0.3, -0.25) is 4.18 Å². The molecule has 1 heterocycles. The van der Waals surface area contributed by atoms with E-state index in [2.05, 4.69) is 33.9 Å². The Balaban J connectivity index is 2.50. The Bertz CT molecular complexity index is 369. The molecule has 0 aromatic heterocycles. The predicted molar refractivity (Wildman–Crippen MR) is 75.5 cm³/mol. The van der Waals surface area contributed by atoms with Gasteiger partial charge in [0.2, 0.25) is 0 Å². The maximum atomic E-state index is 11.3. The summed E-state index contributed by atoms with van der Waals surface area (Å²) in [6.45, 7) is 11.4. The highest BCUT2D eigenvalue weighted by atomic mass is 32.2. The number of hydrogen-bond acceptors (Lipinski definition) is 4. The minimum Gasteiger partial charge on any atom is -0.464 e. The van der Waals surface area contributed by atoms with Gasteiger partial charge in [-0.15, -0.1) is 0 Å². The van der Waals surface area contributed by atoms with E-state index >= 15 is 0 Å². The van der Waals surface area contributed by atoms with Crippen molar-refractivity contribution in [3.8, 4) is 0 Å². The van der Waals surface area contributed by atoms with E-state index in [9.17, 15) is 9.00 Å². The lowest BCUT2D eigenvalue weighted by Gasteiger charge is -2.36. The molecule has 1 aliphatic rings. The first-order valence-corrected chi connectivity index (χ1v) is 10.2.